The molecule has 0 saturated carbocycles. The highest BCUT2D eigenvalue weighted by Gasteiger charge is 2.14. The third kappa shape index (κ3) is 0.878. The third-order valence-corrected chi connectivity index (χ3v) is 2.16. The second-order valence-electron chi connectivity index (χ2n) is 3.01. The van der Waals surface area contributed by atoms with Crippen LogP contribution in [0.3, 0.4) is 0 Å². The van der Waals surface area contributed by atoms with E-state index in [1.807, 2.05) is 0 Å². The summed E-state index contributed by atoms with van der Waals surface area (Å²) in [6, 6.07) is 2.12. The van der Waals surface area contributed by atoms with Crippen molar-refractivity contribution < 1.29 is 0 Å². The molecular formula is C8H13N3. The second kappa shape index (κ2) is 2.19. The number of nitrogens with zero attached hydrogens (tertiary/aromatic N) is 2. The average Bonchev–Trinajstić information content (AvgIpc) is 2.34. The lowest BCUT2D eigenvalue weighted by Gasteiger charge is -2.27. The summed E-state index contributed by atoms with van der Waals surface area (Å²) >= 11 is 0. The van der Waals surface area contributed by atoms with Gasteiger partial charge in [-0.05, 0) is 6.07 Å². The van der Waals surface area contributed by atoms with Gasteiger partial charge >= 0.3 is 0 Å². The number of fused-ring (bicyclic) bond motifs is 1. The summed E-state index contributed by atoms with van der Waals surface area (Å²) in [7, 11) is 4.20. The number of aromatic nitrogens is 1. The molecule has 1 aliphatic rings. The molecule has 0 atom stereocenters. The Morgan fingerprint density at radius 1 is 1.45 bits per heavy atom. The van der Waals surface area contributed by atoms with Gasteiger partial charge in [-0.3, -0.25) is 0 Å². The SMILES string of the molecule is CN1CCNc2ccn(C)c21. The number of nitrogens with one attached hydrogen (secondary N) is 1. The molecule has 1 aliphatic heterocycles. The fraction of sp³-hybridized carbons (Fsp3) is 0.500. The van der Waals surface area contributed by atoms with Crippen LogP contribution in [0.1, 0.15) is 0 Å². The normalized spacial score (nSPS) is 16.0. The van der Waals surface area contributed by atoms with E-state index in [-0.39, 0.29) is 0 Å². The standard InChI is InChI=1S/C8H13N3/c1-10-5-3-7-8(10)11(2)6-4-9-7/h3,5,9H,4,6H2,1-2H3. The third-order valence-electron chi connectivity index (χ3n) is 2.16. The number of hydrogen-bond acceptors (Lipinski definition) is 2. The van der Waals surface area contributed by atoms with Gasteiger partial charge in [0.25, 0.3) is 0 Å². The molecule has 2 rings (SSSR count). The van der Waals surface area contributed by atoms with E-state index < -0.39 is 0 Å². The van der Waals surface area contributed by atoms with Crippen molar-refractivity contribution in [1.29, 1.82) is 0 Å². The molecule has 3 nitrogen and oxygen atoms in total. The molecule has 2 heterocycles. The fourth-order valence-electron chi connectivity index (χ4n) is 1.60. The molecule has 60 valence electrons. The topological polar surface area (TPSA) is 20.2 Å². The van der Waals surface area contributed by atoms with Crippen LogP contribution in [0, 0.1) is 0 Å². The van der Waals surface area contributed by atoms with Crippen molar-refractivity contribution in [3.05, 3.63) is 12.3 Å². The zero-order valence-electron chi connectivity index (χ0n) is 6.96. The Morgan fingerprint density at radius 2 is 2.27 bits per heavy atom. The second-order valence-corrected chi connectivity index (χ2v) is 3.01. The van der Waals surface area contributed by atoms with Crippen molar-refractivity contribution in [1.82, 2.24) is 4.57 Å². The summed E-state index contributed by atoms with van der Waals surface area (Å²) in [5.74, 6) is 1.29. The number of hydrogen-bond donors (Lipinski definition) is 1. The zero-order chi connectivity index (χ0) is 7.84. The van der Waals surface area contributed by atoms with E-state index in [1.165, 1.54) is 11.5 Å². The molecule has 0 unspecified atom stereocenters. The zero-order valence-corrected chi connectivity index (χ0v) is 6.96. The Hall–Kier alpha value is -1.12. The molecular weight excluding hydrogens is 138 g/mol. The van der Waals surface area contributed by atoms with Crippen LogP contribution in [-0.4, -0.2) is 24.7 Å². The average molecular weight is 151 g/mol. The van der Waals surface area contributed by atoms with E-state index in [2.05, 4.69) is 41.1 Å². The first-order valence-electron chi connectivity index (χ1n) is 3.89. The van der Waals surface area contributed by atoms with Crippen LogP contribution >= 0.6 is 0 Å². The first-order valence-corrected chi connectivity index (χ1v) is 3.89. The van der Waals surface area contributed by atoms with Crippen molar-refractivity contribution in [3.63, 3.8) is 0 Å². The molecule has 0 spiro atoms. The van der Waals surface area contributed by atoms with Crippen LogP contribution in [-0.2, 0) is 7.05 Å². The summed E-state index contributed by atoms with van der Waals surface area (Å²) in [6.45, 7) is 2.14. The van der Waals surface area contributed by atoms with Crippen LogP contribution < -0.4 is 10.2 Å². The summed E-state index contributed by atoms with van der Waals surface area (Å²) in [5, 5.41) is 3.35. The van der Waals surface area contributed by atoms with Crippen molar-refractivity contribution in [2.75, 3.05) is 30.4 Å². The highest BCUT2D eigenvalue weighted by Crippen LogP contribution is 2.27. The summed E-state index contributed by atoms with van der Waals surface area (Å²) < 4.78 is 2.14. The number of likely N-dealkylation sites (N-methyl/N-ethyl adjacent to an activating group) is 1. The van der Waals surface area contributed by atoms with Gasteiger partial charge in [0.05, 0.1) is 5.69 Å². The van der Waals surface area contributed by atoms with E-state index in [0.717, 1.165) is 13.1 Å². The van der Waals surface area contributed by atoms with Gasteiger partial charge < -0.3 is 14.8 Å². The van der Waals surface area contributed by atoms with Crippen molar-refractivity contribution in [2.45, 2.75) is 0 Å². The van der Waals surface area contributed by atoms with Gasteiger partial charge in [0.2, 0.25) is 0 Å². The molecule has 1 N–H and O–H groups in total. The highest BCUT2D eigenvalue weighted by molar-refractivity contribution is 5.68. The minimum absolute atomic E-state index is 1.05. The molecule has 0 aliphatic carbocycles. The van der Waals surface area contributed by atoms with Crippen LogP contribution in [0.4, 0.5) is 11.5 Å². The van der Waals surface area contributed by atoms with Crippen LogP contribution in [0.15, 0.2) is 12.3 Å². The highest BCUT2D eigenvalue weighted by atomic mass is 15.3. The molecule has 0 fully saturated rings. The van der Waals surface area contributed by atoms with E-state index in [4.69, 9.17) is 0 Å². The van der Waals surface area contributed by atoms with Gasteiger partial charge in [-0.1, -0.05) is 0 Å². The molecule has 3 heteroatoms. The molecule has 0 bridgehead atoms. The van der Waals surface area contributed by atoms with E-state index in [0.29, 0.717) is 0 Å². The van der Waals surface area contributed by atoms with Gasteiger partial charge in [0.1, 0.15) is 5.82 Å². The lowest BCUT2D eigenvalue weighted by molar-refractivity contribution is 0.810. The minimum Gasteiger partial charge on any atom is -0.380 e. The number of anilines is 2. The molecule has 0 amide bonds. The molecule has 1 aromatic heterocycles. The largest absolute Gasteiger partial charge is 0.380 e. The Kier molecular flexibility index (Phi) is 1.31. The summed E-state index contributed by atoms with van der Waals surface area (Å²) in [5.41, 5.74) is 1.25. The van der Waals surface area contributed by atoms with Crippen LogP contribution in [0.2, 0.25) is 0 Å². The van der Waals surface area contributed by atoms with Gasteiger partial charge in [-0.15, -0.1) is 0 Å². The molecule has 0 aromatic carbocycles. The summed E-state index contributed by atoms with van der Waals surface area (Å²) in [4.78, 5) is 2.27. The van der Waals surface area contributed by atoms with E-state index in [9.17, 15) is 0 Å². The van der Waals surface area contributed by atoms with Crippen molar-refractivity contribution >= 4 is 11.5 Å². The first kappa shape index (κ1) is 6.58. The number of aryl methyl sites for hydroxylation is 1. The van der Waals surface area contributed by atoms with Crippen molar-refractivity contribution in [2.24, 2.45) is 7.05 Å². The molecule has 0 radical (unpaired) electrons. The first-order chi connectivity index (χ1) is 5.29. The fourth-order valence-corrected chi connectivity index (χ4v) is 1.60. The maximum atomic E-state index is 3.35. The van der Waals surface area contributed by atoms with Gasteiger partial charge in [0.15, 0.2) is 0 Å². The predicted molar refractivity (Wildman–Crippen MR) is 47.2 cm³/mol. The van der Waals surface area contributed by atoms with Gasteiger partial charge in [0, 0.05) is 33.4 Å². The maximum Gasteiger partial charge on any atom is 0.131 e. The number of rotatable bonds is 0. The molecule has 1 aromatic rings. The lowest BCUT2D eigenvalue weighted by Crippen LogP contribution is -2.31. The van der Waals surface area contributed by atoms with Crippen molar-refractivity contribution in [3.8, 4) is 0 Å². The Balaban J connectivity index is 2.48. The Morgan fingerprint density at radius 3 is 3.00 bits per heavy atom. The van der Waals surface area contributed by atoms with Crippen LogP contribution in [0.25, 0.3) is 0 Å². The van der Waals surface area contributed by atoms with E-state index in [1.54, 1.807) is 0 Å². The maximum absolute atomic E-state index is 3.35. The van der Waals surface area contributed by atoms with Gasteiger partial charge in [-0.25, -0.2) is 0 Å². The monoisotopic (exact) mass is 151 g/mol. The van der Waals surface area contributed by atoms with Gasteiger partial charge in [-0.2, -0.15) is 0 Å². The lowest BCUT2D eigenvalue weighted by atomic mass is 10.3. The minimum atomic E-state index is 1.05. The predicted octanol–water partition coefficient (Wildman–Crippen LogP) is 0.887. The molecule has 0 saturated heterocycles. The summed E-state index contributed by atoms with van der Waals surface area (Å²) in [6.07, 6.45) is 2.08. The molecule has 11 heavy (non-hydrogen) atoms. The quantitative estimate of drug-likeness (QED) is 0.594. The Bertz CT molecular complexity index is 264. The van der Waals surface area contributed by atoms with E-state index >= 15 is 0 Å². The van der Waals surface area contributed by atoms with Crippen LogP contribution in [0.5, 0.6) is 0 Å². The smallest absolute Gasteiger partial charge is 0.131 e. The Labute approximate surface area is 66.6 Å².